The van der Waals surface area contributed by atoms with Crippen LogP contribution in [0.3, 0.4) is 0 Å². The molecule has 0 bridgehead atoms. The number of hydrogen-bond acceptors (Lipinski definition) is 2. The van der Waals surface area contributed by atoms with E-state index in [1.165, 1.54) is 30.7 Å². The van der Waals surface area contributed by atoms with E-state index in [-0.39, 0.29) is 0 Å². The molecule has 0 spiro atoms. The van der Waals surface area contributed by atoms with Gasteiger partial charge in [0.25, 0.3) is 0 Å². The van der Waals surface area contributed by atoms with Crippen molar-refractivity contribution in [3.05, 3.63) is 23.8 Å². The van der Waals surface area contributed by atoms with E-state index in [4.69, 9.17) is 0 Å². The molecule has 76 valence electrons. The quantitative estimate of drug-likeness (QED) is 0.716. The third-order valence-corrected chi connectivity index (χ3v) is 2.92. The van der Waals surface area contributed by atoms with Gasteiger partial charge in [0.2, 0.25) is 0 Å². The lowest BCUT2D eigenvalue weighted by atomic mass is 9.84. The Bertz CT molecular complexity index is 307. The van der Waals surface area contributed by atoms with Crippen molar-refractivity contribution < 1.29 is 0 Å². The number of aryl methyl sites for hydroxylation is 1. The summed E-state index contributed by atoms with van der Waals surface area (Å²) in [6.45, 7) is 4.56. The minimum atomic E-state index is 0.660. The third-order valence-electron chi connectivity index (χ3n) is 2.92. The van der Waals surface area contributed by atoms with Crippen LogP contribution in [0.25, 0.3) is 0 Å². The molecule has 0 N–H and O–H groups in total. The van der Waals surface area contributed by atoms with Gasteiger partial charge in [-0.05, 0) is 31.6 Å². The Kier molecular flexibility index (Phi) is 2.80. The summed E-state index contributed by atoms with van der Waals surface area (Å²) in [7, 11) is 0. The van der Waals surface area contributed by atoms with Crippen LogP contribution in [0.4, 0.5) is 0 Å². The van der Waals surface area contributed by atoms with Crippen LogP contribution in [0, 0.1) is 5.92 Å². The summed E-state index contributed by atoms with van der Waals surface area (Å²) in [5.41, 5.74) is 2.51. The minimum absolute atomic E-state index is 0.660. The van der Waals surface area contributed by atoms with E-state index in [1.54, 1.807) is 0 Å². The van der Waals surface area contributed by atoms with E-state index in [0.29, 0.717) is 5.92 Å². The van der Waals surface area contributed by atoms with Gasteiger partial charge in [-0.2, -0.15) is 0 Å². The number of fused-ring (bicyclic) bond motifs is 1. The fourth-order valence-electron chi connectivity index (χ4n) is 2.36. The first kappa shape index (κ1) is 9.63. The second-order valence-corrected chi connectivity index (χ2v) is 4.61. The zero-order chi connectivity index (χ0) is 9.97. The highest BCUT2D eigenvalue weighted by Crippen LogP contribution is 2.33. The third kappa shape index (κ3) is 1.94. The average molecular weight is 190 g/mol. The largest absolute Gasteiger partial charge is 0.258 e. The average Bonchev–Trinajstić information content (AvgIpc) is 2.18. The number of hydrogen-bond donors (Lipinski definition) is 0. The number of nitrogens with zero attached hydrogens (tertiary/aromatic N) is 2. The molecule has 0 saturated heterocycles. The van der Waals surface area contributed by atoms with Crippen molar-refractivity contribution in [2.45, 2.75) is 45.4 Å². The van der Waals surface area contributed by atoms with E-state index >= 15 is 0 Å². The fraction of sp³-hybridized carbons (Fsp3) is 0.667. The van der Waals surface area contributed by atoms with Gasteiger partial charge in [0.1, 0.15) is 0 Å². The smallest absolute Gasteiger partial charge is 0.0649 e. The highest BCUT2D eigenvalue weighted by atomic mass is 14.8. The summed E-state index contributed by atoms with van der Waals surface area (Å²) >= 11 is 0. The molecular formula is C12H18N2. The molecule has 1 heterocycles. The lowest BCUT2D eigenvalue weighted by Crippen LogP contribution is -2.14. The molecule has 2 rings (SSSR count). The topological polar surface area (TPSA) is 25.8 Å². The van der Waals surface area contributed by atoms with E-state index in [2.05, 4.69) is 23.8 Å². The zero-order valence-corrected chi connectivity index (χ0v) is 9.03. The van der Waals surface area contributed by atoms with Crippen LogP contribution in [-0.4, -0.2) is 9.97 Å². The Balaban J connectivity index is 2.22. The van der Waals surface area contributed by atoms with Crippen LogP contribution in [-0.2, 0) is 6.42 Å². The second kappa shape index (κ2) is 4.07. The number of aromatic nitrogens is 2. The Morgan fingerprint density at radius 3 is 2.93 bits per heavy atom. The molecule has 1 atom stereocenters. The lowest BCUT2D eigenvalue weighted by Gasteiger charge is -2.24. The van der Waals surface area contributed by atoms with Gasteiger partial charge in [-0.25, -0.2) is 0 Å². The van der Waals surface area contributed by atoms with Crippen LogP contribution in [0.5, 0.6) is 0 Å². The van der Waals surface area contributed by atoms with Gasteiger partial charge in [-0.1, -0.05) is 13.8 Å². The van der Waals surface area contributed by atoms with Crippen molar-refractivity contribution in [3.63, 3.8) is 0 Å². The number of rotatable bonds is 2. The second-order valence-electron chi connectivity index (χ2n) is 4.61. The van der Waals surface area contributed by atoms with Crippen LogP contribution < -0.4 is 0 Å². The highest BCUT2D eigenvalue weighted by Gasteiger charge is 2.22. The molecule has 0 radical (unpaired) electrons. The van der Waals surface area contributed by atoms with Crippen molar-refractivity contribution in [3.8, 4) is 0 Å². The molecule has 0 aromatic carbocycles. The predicted octanol–water partition coefficient (Wildman–Crippen LogP) is 2.94. The zero-order valence-electron chi connectivity index (χ0n) is 9.03. The van der Waals surface area contributed by atoms with E-state index < -0.39 is 0 Å². The SMILES string of the molecule is CC(C)CC1CCCc2nccnc21. The van der Waals surface area contributed by atoms with Crippen molar-refractivity contribution in [2.24, 2.45) is 5.92 Å². The summed E-state index contributed by atoms with van der Waals surface area (Å²) in [6.07, 6.45) is 8.60. The molecule has 0 aliphatic heterocycles. The first-order chi connectivity index (χ1) is 6.77. The summed E-state index contributed by atoms with van der Waals surface area (Å²) in [5, 5.41) is 0. The van der Waals surface area contributed by atoms with E-state index in [0.717, 1.165) is 12.3 Å². The summed E-state index contributed by atoms with van der Waals surface area (Å²) in [5.74, 6) is 1.42. The van der Waals surface area contributed by atoms with Gasteiger partial charge in [0, 0.05) is 18.3 Å². The Morgan fingerprint density at radius 2 is 2.14 bits per heavy atom. The molecule has 1 aliphatic rings. The Morgan fingerprint density at radius 1 is 1.36 bits per heavy atom. The predicted molar refractivity (Wildman–Crippen MR) is 57.2 cm³/mol. The molecule has 0 fully saturated rings. The maximum atomic E-state index is 4.49. The maximum absolute atomic E-state index is 4.49. The standard InChI is InChI=1S/C12H18N2/c1-9(2)8-10-4-3-5-11-12(10)14-7-6-13-11/h6-7,9-10H,3-5,8H2,1-2H3. The molecule has 1 aromatic heterocycles. The Labute approximate surface area is 85.8 Å². The summed E-state index contributed by atoms with van der Waals surface area (Å²) in [4.78, 5) is 8.91. The molecule has 0 amide bonds. The molecule has 0 saturated carbocycles. The Hall–Kier alpha value is -0.920. The van der Waals surface area contributed by atoms with Gasteiger partial charge < -0.3 is 0 Å². The fourth-order valence-corrected chi connectivity index (χ4v) is 2.36. The van der Waals surface area contributed by atoms with Crippen LogP contribution >= 0.6 is 0 Å². The summed E-state index contributed by atoms with van der Waals surface area (Å²) < 4.78 is 0. The van der Waals surface area contributed by atoms with Crippen molar-refractivity contribution in [2.75, 3.05) is 0 Å². The van der Waals surface area contributed by atoms with Gasteiger partial charge in [0.05, 0.1) is 11.4 Å². The van der Waals surface area contributed by atoms with Gasteiger partial charge in [-0.15, -0.1) is 0 Å². The molecule has 2 heteroatoms. The van der Waals surface area contributed by atoms with Crippen molar-refractivity contribution in [1.82, 2.24) is 9.97 Å². The summed E-state index contributed by atoms with van der Waals surface area (Å²) in [6, 6.07) is 0. The van der Waals surface area contributed by atoms with E-state index in [9.17, 15) is 0 Å². The molecule has 1 aromatic rings. The van der Waals surface area contributed by atoms with Gasteiger partial charge >= 0.3 is 0 Å². The molecule has 1 unspecified atom stereocenters. The van der Waals surface area contributed by atoms with Crippen molar-refractivity contribution in [1.29, 1.82) is 0 Å². The van der Waals surface area contributed by atoms with Crippen molar-refractivity contribution >= 4 is 0 Å². The minimum Gasteiger partial charge on any atom is -0.258 e. The maximum Gasteiger partial charge on any atom is 0.0649 e. The highest BCUT2D eigenvalue weighted by molar-refractivity contribution is 5.18. The molecular weight excluding hydrogens is 172 g/mol. The normalized spacial score (nSPS) is 20.9. The van der Waals surface area contributed by atoms with Gasteiger partial charge in [-0.3, -0.25) is 9.97 Å². The first-order valence-electron chi connectivity index (χ1n) is 5.57. The molecule has 14 heavy (non-hydrogen) atoms. The monoisotopic (exact) mass is 190 g/mol. The van der Waals surface area contributed by atoms with Crippen LogP contribution in [0.1, 0.15) is 50.4 Å². The molecule has 1 aliphatic carbocycles. The molecule has 2 nitrogen and oxygen atoms in total. The van der Waals surface area contributed by atoms with E-state index in [1.807, 2.05) is 12.4 Å². The van der Waals surface area contributed by atoms with Gasteiger partial charge in [0.15, 0.2) is 0 Å². The lowest BCUT2D eigenvalue weighted by molar-refractivity contribution is 0.434. The van der Waals surface area contributed by atoms with Crippen LogP contribution in [0.15, 0.2) is 12.4 Å². The van der Waals surface area contributed by atoms with Crippen LogP contribution in [0.2, 0.25) is 0 Å². The first-order valence-corrected chi connectivity index (χ1v) is 5.57.